The number of nitrogens with one attached hydrogen (secondary N) is 1. The van der Waals surface area contributed by atoms with Crippen LogP contribution in [0.4, 0.5) is 23.7 Å². The van der Waals surface area contributed by atoms with E-state index in [1.165, 1.54) is 35.3 Å². The molecule has 1 amide bonds. The van der Waals surface area contributed by atoms with Crippen molar-refractivity contribution in [2.24, 2.45) is 4.99 Å². The van der Waals surface area contributed by atoms with E-state index in [1.54, 1.807) is 11.8 Å². The maximum atomic E-state index is 13.0. The Kier molecular flexibility index (Phi) is 11.9. The summed E-state index contributed by atoms with van der Waals surface area (Å²) >= 11 is 7.34. The molecule has 0 spiro atoms. The Morgan fingerprint density at radius 1 is 1.06 bits per heavy atom. The molecule has 2 heterocycles. The quantitative estimate of drug-likeness (QED) is 0.133. The maximum absolute atomic E-state index is 13.0. The zero-order valence-corrected chi connectivity index (χ0v) is 30.9. The van der Waals surface area contributed by atoms with E-state index in [2.05, 4.69) is 44.9 Å². The smallest absolute Gasteiger partial charge is 0.445 e. The SMILES string of the molecule is C=C1CSC(=NC(=S)CC(/C=C\c2ccc(-c3ncn(-c4ccc(OC(F)(F)F)cc4)n3)cc2)NC(=O)OCc2ccccc2)N1c1cc(C)ccc1C. The van der Waals surface area contributed by atoms with Gasteiger partial charge >= 0.3 is 12.5 Å². The number of amidine groups is 1. The molecular formula is C40H35F3N6O3S2. The van der Waals surface area contributed by atoms with Crippen LogP contribution >= 0.6 is 24.0 Å². The number of amides is 1. The Morgan fingerprint density at radius 2 is 1.80 bits per heavy atom. The number of anilines is 1. The zero-order valence-electron chi connectivity index (χ0n) is 29.3. The van der Waals surface area contributed by atoms with Gasteiger partial charge in [0, 0.05) is 23.4 Å². The van der Waals surface area contributed by atoms with Crippen LogP contribution in [0.15, 0.2) is 127 Å². The number of hydrogen-bond acceptors (Lipinski definition) is 7. The van der Waals surface area contributed by atoms with Crippen molar-refractivity contribution in [3.8, 4) is 22.8 Å². The van der Waals surface area contributed by atoms with Crippen molar-refractivity contribution in [2.75, 3.05) is 10.7 Å². The number of halogens is 3. The number of thioether (sulfide) groups is 1. The van der Waals surface area contributed by atoms with E-state index in [9.17, 15) is 18.0 Å². The van der Waals surface area contributed by atoms with E-state index in [-0.39, 0.29) is 18.8 Å². The van der Waals surface area contributed by atoms with Crippen LogP contribution in [0.25, 0.3) is 23.2 Å². The van der Waals surface area contributed by atoms with E-state index in [1.807, 2.05) is 85.5 Å². The minimum Gasteiger partial charge on any atom is -0.445 e. The molecule has 1 atom stereocenters. The van der Waals surface area contributed by atoms with Gasteiger partial charge < -0.3 is 14.8 Å². The lowest BCUT2D eigenvalue weighted by atomic mass is 10.1. The third-order valence-corrected chi connectivity index (χ3v) is 9.40. The minimum atomic E-state index is -4.77. The highest BCUT2D eigenvalue weighted by Crippen LogP contribution is 2.35. The molecule has 0 bridgehead atoms. The minimum absolute atomic E-state index is 0.114. The second-order valence-corrected chi connectivity index (χ2v) is 13.7. The van der Waals surface area contributed by atoms with Crippen molar-refractivity contribution < 1.29 is 27.4 Å². The molecule has 1 unspecified atom stereocenters. The largest absolute Gasteiger partial charge is 0.573 e. The predicted molar refractivity (Wildman–Crippen MR) is 211 cm³/mol. The Hall–Kier alpha value is -5.73. The fourth-order valence-electron chi connectivity index (χ4n) is 5.44. The molecule has 4 aromatic carbocycles. The Balaban J connectivity index is 1.16. The number of carbonyl (C=O) groups is 1. The average molecular weight is 769 g/mol. The number of nitrogens with zero attached hydrogens (tertiary/aromatic N) is 5. The van der Waals surface area contributed by atoms with Gasteiger partial charge in [-0.25, -0.2) is 19.5 Å². The van der Waals surface area contributed by atoms with Gasteiger partial charge in [0.25, 0.3) is 0 Å². The van der Waals surface area contributed by atoms with Gasteiger partial charge in [0.05, 0.1) is 17.4 Å². The fraction of sp³-hybridized carbons (Fsp3) is 0.175. The molecular weight excluding hydrogens is 734 g/mol. The summed E-state index contributed by atoms with van der Waals surface area (Å²) in [5.74, 6) is 0.779. The van der Waals surface area contributed by atoms with Gasteiger partial charge in [0.15, 0.2) is 11.0 Å². The van der Waals surface area contributed by atoms with Crippen LogP contribution in [-0.4, -0.2) is 49.2 Å². The number of benzene rings is 4. The summed E-state index contributed by atoms with van der Waals surface area (Å²) in [7, 11) is 0. The number of alkyl carbamates (subject to hydrolysis) is 1. The molecule has 1 fully saturated rings. The molecule has 5 aromatic rings. The summed E-state index contributed by atoms with van der Waals surface area (Å²) in [6, 6.07) is 27.9. The van der Waals surface area contributed by atoms with E-state index < -0.39 is 18.5 Å². The monoisotopic (exact) mass is 768 g/mol. The van der Waals surface area contributed by atoms with Crippen molar-refractivity contribution in [1.29, 1.82) is 0 Å². The van der Waals surface area contributed by atoms with E-state index in [4.69, 9.17) is 21.9 Å². The number of aryl methyl sites for hydroxylation is 2. The fourth-order valence-corrected chi connectivity index (χ4v) is 6.72. The van der Waals surface area contributed by atoms with Crippen LogP contribution in [0.2, 0.25) is 0 Å². The molecule has 6 rings (SSSR count). The number of rotatable bonds is 11. The van der Waals surface area contributed by atoms with Crippen LogP contribution in [-0.2, 0) is 11.3 Å². The average Bonchev–Trinajstić information content (AvgIpc) is 3.78. The summed E-state index contributed by atoms with van der Waals surface area (Å²) < 4.78 is 48.5. The lowest BCUT2D eigenvalue weighted by Gasteiger charge is -2.22. The lowest BCUT2D eigenvalue weighted by Crippen LogP contribution is -2.35. The van der Waals surface area contributed by atoms with Gasteiger partial charge in [-0.15, -0.1) is 18.3 Å². The molecule has 14 heteroatoms. The first-order valence-corrected chi connectivity index (χ1v) is 18.1. The first-order chi connectivity index (χ1) is 25.9. The van der Waals surface area contributed by atoms with Crippen molar-refractivity contribution in [3.63, 3.8) is 0 Å². The highest BCUT2D eigenvalue weighted by molar-refractivity contribution is 8.14. The molecule has 1 aliphatic rings. The molecule has 1 N–H and O–H groups in total. The number of aromatic nitrogens is 3. The first kappa shape index (κ1) is 38.0. The number of aliphatic imine (C=N–C) groups is 1. The number of hydrogen-bond donors (Lipinski definition) is 1. The van der Waals surface area contributed by atoms with Crippen molar-refractivity contribution in [3.05, 3.63) is 144 Å². The Bertz CT molecular complexity index is 2190. The van der Waals surface area contributed by atoms with Gasteiger partial charge in [-0.05, 0) is 66.4 Å². The number of alkyl halides is 3. The van der Waals surface area contributed by atoms with Gasteiger partial charge in [0.2, 0.25) is 0 Å². The van der Waals surface area contributed by atoms with Crippen LogP contribution < -0.4 is 15.0 Å². The standard InChI is InChI=1S/C40H35F3N6O3S2/c1-26-9-10-27(2)35(21-26)49-28(3)24-54-38(49)46-36(53)22-32(45-39(50)51-23-30-7-5-4-6-8-30)16-13-29-11-14-31(15-12-29)37-44-25-48(47-37)33-17-19-34(20-18-33)52-40(41,42)43/h4-21,25,32H,3,22-24H2,1-2H3,(H,45,50)/b16-13-,46-38?. The summed E-state index contributed by atoms with van der Waals surface area (Å²) in [4.78, 5) is 24.6. The van der Waals surface area contributed by atoms with Crippen molar-refractivity contribution >= 4 is 52.0 Å². The van der Waals surface area contributed by atoms with Gasteiger partial charge in [-0.1, -0.05) is 109 Å². The third-order valence-electron chi connectivity index (χ3n) is 8.13. The van der Waals surface area contributed by atoms with Crippen LogP contribution in [0.3, 0.4) is 0 Å². The highest BCUT2D eigenvalue weighted by Gasteiger charge is 2.31. The predicted octanol–water partition coefficient (Wildman–Crippen LogP) is 9.60. The zero-order chi connectivity index (χ0) is 38.2. The first-order valence-electron chi connectivity index (χ1n) is 16.7. The number of ether oxygens (including phenoxy) is 2. The van der Waals surface area contributed by atoms with Gasteiger partial charge in [-0.2, -0.15) is 0 Å². The Morgan fingerprint density at radius 3 is 2.52 bits per heavy atom. The Labute approximate surface area is 320 Å². The summed E-state index contributed by atoms with van der Waals surface area (Å²) in [6.07, 6.45) is 0.0607. The maximum Gasteiger partial charge on any atom is 0.573 e. The molecule has 0 radical (unpaired) electrons. The molecule has 9 nitrogen and oxygen atoms in total. The molecule has 1 saturated heterocycles. The second kappa shape index (κ2) is 16.9. The van der Waals surface area contributed by atoms with Crippen molar-refractivity contribution in [2.45, 2.75) is 39.3 Å². The van der Waals surface area contributed by atoms with Crippen molar-refractivity contribution in [1.82, 2.24) is 20.1 Å². The van der Waals surface area contributed by atoms with Crippen LogP contribution in [0.5, 0.6) is 5.75 Å². The van der Waals surface area contributed by atoms with E-state index in [0.717, 1.165) is 44.4 Å². The topological polar surface area (TPSA) is 93.9 Å². The lowest BCUT2D eigenvalue weighted by molar-refractivity contribution is -0.274. The normalized spacial score (nSPS) is 14.4. The van der Waals surface area contributed by atoms with Gasteiger partial charge in [0.1, 0.15) is 23.7 Å². The third kappa shape index (κ3) is 10.2. The summed E-state index contributed by atoms with van der Waals surface area (Å²) in [6.45, 7) is 8.46. The molecule has 276 valence electrons. The number of carbonyl (C=O) groups excluding carboxylic acids is 1. The highest BCUT2D eigenvalue weighted by atomic mass is 32.2. The molecule has 1 aromatic heterocycles. The van der Waals surface area contributed by atoms with Crippen LogP contribution in [0.1, 0.15) is 28.7 Å². The second-order valence-electron chi connectivity index (χ2n) is 12.3. The summed E-state index contributed by atoms with van der Waals surface area (Å²) in [5.41, 5.74) is 7.07. The molecule has 0 aliphatic carbocycles. The van der Waals surface area contributed by atoms with Gasteiger partial charge in [-0.3, -0.25) is 4.90 Å². The number of thiocarbonyl (C=S) groups is 1. The molecule has 0 saturated carbocycles. The van der Waals surface area contributed by atoms with Crippen LogP contribution in [0, 0.1) is 13.8 Å². The molecule has 54 heavy (non-hydrogen) atoms. The summed E-state index contributed by atoms with van der Waals surface area (Å²) in [5, 5.41) is 8.12. The van der Waals surface area contributed by atoms with E-state index >= 15 is 0 Å². The van der Waals surface area contributed by atoms with E-state index in [0.29, 0.717) is 22.3 Å². The molecule has 1 aliphatic heterocycles.